The SMILES string of the molecule is CC1(C)C(/C=C/C2=C(Oc3ccc(S(=O)(=O)[O-])cc3)C(=C/C=C3/N(CCCCS(=O)(=O)[O-])c4ccccc4C3(C)C)/CCC2)=[N+](CCCCCC(=O)ON2C(=O)CCC2=O)c2ccccc21.[Na+]. The van der Waals surface area contributed by atoms with Gasteiger partial charge in [0.25, 0.3) is 11.8 Å². The van der Waals surface area contributed by atoms with Crippen LogP contribution in [0.1, 0.15) is 109 Å². The molecule has 0 aromatic heterocycles. The van der Waals surface area contributed by atoms with Gasteiger partial charge in [0.05, 0.1) is 20.4 Å². The molecule has 4 aliphatic rings. The largest absolute Gasteiger partial charge is 1.00 e. The third kappa shape index (κ3) is 12.0. The number of hydroxylamine groups is 2. The van der Waals surface area contributed by atoms with Gasteiger partial charge in [-0.2, -0.15) is 4.58 Å². The molecule has 3 heterocycles. The second kappa shape index (κ2) is 21.3. The Morgan fingerprint density at radius 2 is 1.43 bits per heavy atom. The summed E-state index contributed by atoms with van der Waals surface area (Å²) >= 11 is 0. The topological polar surface area (TPSA) is 194 Å². The van der Waals surface area contributed by atoms with Crippen molar-refractivity contribution >= 4 is 55.1 Å². The van der Waals surface area contributed by atoms with Gasteiger partial charge >= 0.3 is 35.5 Å². The van der Waals surface area contributed by atoms with E-state index in [0.29, 0.717) is 61.8 Å². The number of nitrogens with zero attached hydrogens (tertiary/aromatic N) is 3. The molecule has 3 aliphatic heterocycles. The minimum absolute atomic E-state index is 0. The van der Waals surface area contributed by atoms with Gasteiger partial charge in [0.2, 0.25) is 5.69 Å². The number of benzene rings is 3. The van der Waals surface area contributed by atoms with Gasteiger partial charge in [0.1, 0.15) is 28.2 Å². The van der Waals surface area contributed by atoms with E-state index in [2.05, 4.69) is 79.7 Å². The number of hydrogen-bond acceptors (Lipinski definition) is 12. The molecule has 1 fully saturated rings. The van der Waals surface area contributed by atoms with Crippen LogP contribution in [0.3, 0.4) is 0 Å². The van der Waals surface area contributed by atoms with Crippen LogP contribution in [0, 0.1) is 0 Å². The van der Waals surface area contributed by atoms with Crippen molar-refractivity contribution in [3.63, 3.8) is 0 Å². The summed E-state index contributed by atoms with van der Waals surface area (Å²) in [6.07, 6.45) is 13.4. The summed E-state index contributed by atoms with van der Waals surface area (Å²) in [5, 5.41) is 0.578. The Kier molecular flexibility index (Phi) is 16.4. The number of carbonyl (C=O) groups excluding carboxylic acids is 3. The van der Waals surface area contributed by atoms with E-state index in [-0.39, 0.29) is 65.6 Å². The molecule has 0 atom stereocenters. The predicted molar refractivity (Wildman–Crippen MR) is 247 cm³/mol. The van der Waals surface area contributed by atoms with Crippen molar-refractivity contribution in [1.29, 1.82) is 0 Å². The van der Waals surface area contributed by atoms with Crippen molar-refractivity contribution < 1.29 is 84.0 Å². The number of allylic oxidation sites excluding steroid dienone is 7. The monoisotopic (exact) mass is 961 g/mol. The Morgan fingerprint density at radius 1 is 0.761 bits per heavy atom. The molecule has 0 spiro atoms. The van der Waals surface area contributed by atoms with Crippen molar-refractivity contribution in [1.82, 2.24) is 5.06 Å². The molecule has 14 nitrogen and oxygen atoms in total. The molecule has 1 aliphatic carbocycles. The van der Waals surface area contributed by atoms with Gasteiger partial charge in [-0.05, 0) is 118 Å². The van der Waals surface area contributed by atoms with E-state index in [4.69, 9.17) is 9.57 Å². The van der Waals surface area contributed by atoms with E-state index in [1.807, 2.05) is 30.3 Å². The Hall–Kier alpha value is -4.68. The summed E-state index contributed by atoms with van der Waals surface area (Å²) in [5.74, 6) is -1.08. The smallest absolute Gasteiger partial charge is 0.748 e. The molecule has 3 aromatic rings. The zero-order valence-corrected chi connectivity index (χ0v) is 42.4. The molecule has 0 radical (unpaired) electrons. The quantitative estimate of drug-likeness (QED) is 0.0537. The van der Waals surface area contributed by atoms with Crippen LogP contribution in [0.2, 0.25) is 0 Å². The van der Waals surface area contributed by atoms with Gasteiger partial charge in [-0.25, -0.2) is 21.6 Å². The summed E-state index contributed by atoms with van der Waals surface area (Å²) in [6, 6.07) is 21.8. The van der Waals surface area contributed by atoms with E-state index < -0.39 is 49.2 Å². The van der Waals surface area contributed by atoms with Gasteiger partial charge in [0, 0.05) is 72.5 Å². The summed E-state index contributed by atoms with van der Waals surface area (Å²) in [5.41, 5.74) is 7.49. The molecule has 0 saturated carbocycles. The number of hydrogen-bond donors (Lipinski definition) is 0. The number of fused-ring (bicyclic) bond motifs is 2. The molecule has 350 valence electrons. The van der Waals surface area contributed by atoms with Crippen LogP contribution in [0.5, 0.6) is 5.75 Å². The molecule has 67 heavy (non-hydrogen) atoms. The van der Waals surface area contributed by atoms with Crippen LogP contribution in [-0.4, -0.2) is 77.9 Å². The summed E-state index contributed by atoms with van der Waals surface area (Å²) in [4.78, 5) is 43.1. The summed E-state index contributed by atoms with van der Waals surface area (Å²) in [7, 11) is -9.01. The Labute approximate surface area is 415 Å². The van der Waals surface area contributed by atoms with Crippen LogP contribution in [-0.2, 0) is 50.3 Å². The zero-order chi connectivity index (χ0) is 47.4. The molecule has 2 amide bonds. The number of ether oxygens (including phenoxy) is 1. The Bertz CT molecular complexity index is 2770. The number of carbonyl (C=O) groups is 3. The van der Waals surface area contributed by atoms with E-state index in [9.17, 15) is 40.3 Å². The van der Waals surface area contributed by atoms with E-state index in [1.54, 1.807) is 0 Å². The minimum Gasteiger partial charge on any atom is -0.748 e. The molecule has 0 N–H and O–H groups in total. The fraction of sp³-hybridized carbons (Fsp3) is 0.400. The van der Waals surface area contributed by atoms with Gasteiger partial charge < -0.3 is 23.6 Å². The fourth-order valence-electron chi connectivity index (χ4n) is 9.34. The summed E-state index contributed by atoms with van der Waals surface area (Å²) in [6.45, 7) is 9.83. The second-order valence-electron chi connectivity index (χ2n) is 18.1. The normalized spacial score (nSPS) is 19.1. The molecular weight excluding hydrogens is 906 g/mol. The Morgan fingerprint density at radius 3 is 2.12 bits per heavy atom. The van der Waals surface area contributed by atoms with Crippen LogP contribution >= 0.6 is 0 Å². The number of rotatable bonds is 18. The standard InChI is InChI=1S/C50H57N3O11S2.Na/c1-49(2)39-17-7-9-19-41(39)51(32-11-5-6-21-47(56)64-53-45(54)30-31-46(53)55)43(49)28-22-35-15-14-16-36(48(35)63-37-24-26-38(27-25-37)66(60,61)62)23-29-44-50(3,4)40-18-8-10-20-42(40)52(44)33-12-13-34-65(57,58)59;/h7-10,17-20,22-29H,5-6,11-16,21,30-34H2,1-4H3,(H-,57,58,59,60,61,62);/q;+1/p-1. The average Bonchev–Trinajstić information content (AvgIpc) is 3.78. The number of amides is 2. The molecule has 1 saturated heterocycles. The average molecular weight is 962 g/mol. The molecule has 3 aromatic carbocycles. The first-order chi connectivity index (χ1) is 31.3. The van der Waals surface area contributed by atoms with Gasteiger partial charge in [-0.15, -0.1) is 5.06 Å². The van der Waals surface area contributed by atoms with Crippen molar-refractivity contribution in [2.75, 3.05) is 23.7 Å². The van der Waals surface area contributed by atoms with Gasteiger partial charge in [-0.3, -0.25) is 9.59 Å². The number of anilines is 1. The third-order valence-electron chi connectivity index (χ3n) is 12.8. The fourth-order valence-corrected chi connectivity index (χ4v) is 10.4. The maximum absolute atomic E-state index is 12.5. The molecule has 17 heteroatoms. The Balaban J connectivity index is 0.00000741. The van der Waals surface area contributed by atoms with E-state index in [0.717, 1.165) is 52.3 Å². The van der Waals surface area contributed by atoms with Crippen molar-refractivity contribution in [3.8, 4) is 5.75 Å². The molecular formula is C50H56N3NaO11S2. The van der Waals surface area contributed by atoms with E-state index in [1.165, 1.54) is 29.8 Å². The first-order valence-electron chi connectivity index (χ1n) is 22.4. The first-order valence-corrected chi connectivity index (χ1v) is 25.4. The van der Waals surface area contributed by atoms with Crippen molar-refractivity contribution in [2.24, 2.45) is 0 Å². The van der Waals surface area contributed by atoms with Crippen molar-refractivity contribution in [2.45, 2.75) is 114 Å². The zero-order valence-electron chi connectivity index (χ0n) is 38.8. The third-order valence-corrected chi connectivity index (χ3v) is 14.4. The van der Waals surface area contributed by atoms with E-state index >= 15 is 0 Å². The van der Waals surface area contributed by atoms with Crippen LogP contribution in [0.25, 0.3) is 0 Å². The number of unbranched alkanes of at least 4 members (excludes halogenated alkanes) is 3. The maximum atomic E-state index is 12.5. The molecule has 7 rings (SSSR count). The molecule has 0 unspecified atom stereocenters. The molecule has 0 bridgehead atoms. The van der Waals surface area contributed by atoms with Gasteiger partial charge in [-0.1, -0.05) is 56.3 Å². The number of imide groups is 1. The summed E-state index contributed by atoms with van der Waals surface area (Å²) < 4.78 is 78.5. The predicted octanol–water partition coefficient (Wildman–Crippen LogP) is 5.15. The van der Waals surface area contributed by atoms with Gasteiger partial charge in [0.15, 0.2) is 5.71 Å². The van der Waals surface area contributed by atoms with Crippen LogP contribution in [0.4, 0.5) is 11.4 Å². The minimum atomic E-state index is -4.68. The van der Waals surface area contributed by atoms with Crippen LogP contribution < -0.4 is 39.2 Å². The van der Waals surface area contributed by atoms with Crippen molar-refractivity contribution in [3.05, 3.63) is 131 Å². The first kappa shape index (κ1) is 51.7. The maximum Gasteiger partial charge on any atom is 1.00 e. The second-order valence-corrected chi connectivity index (χ2v) is 21.0. The number of para-hydroxylation sites is 2. The van der Waals surface area contributed by atoms with Crippen LogP contribution in [0.15, 0.2) is 125 Å².